The molecule has 0 bridgehead atoms. The summed E-state index contributed by atoms with van der Waals surface area (Å²) in [5.41, 5.74) is 4.31. The molecule has 21 heavy (non-hydrogen) atoms. The molecule has 1 aromatic carbocycles. The maximum absolute atomic E-state index is 3.59. The lowest BCUT2D eigenvalue weighted by molar-refractivity contribution is 0.115. The van der Waals surface area contributed by atoms with Crippen LogP contribution in [0.5, 0.6) is 0 Å². The van der Waals surface area contributed by atoms with Gasteiger partial charge in [0, 0.05) is 42.8 Å². The molecule has 1 aromatic heterocycles. The lowest BCUT2D eigenvalue weighted by Gasteiger charge is -2.37. The van der Waals surface area contributed by atoms with Gasteiger partial charge in [0.25, 0.3) is 0 Å². The molecular formula is C18H25N3. The van der Waals surface area contributed by atoms with Gasteiger partial charge in [0.2, 0.25) is 0 Å². The van der Waals surface area contributed by atoms with Crippen molar-refractivity contribution in [2.45, 2.75) is 32.4 Å². The topological polar surface area (TPSA) is 20.2 Å². The zero-order valence-electron chi connectivity index (χ0n) is 13.1. The molecule has 2 aliphatic rings. The van der Waals surface area contributed by atoms with Crippen LogP contribution >= 0.6 is 0 Å². The molecule has 2 atom stereocenters. The maximum atomic E-state index is 3.59. The summed E-state index contributed by atoms with van der Waals surface area (Å²) in [6.07, 6.45) is 2.76. The van der Waals surface area contributed by atoms with Gasteiger partial charge < -0.3 is 9.88 Å². The number of rotatable bonds is 2. The van der Waals surface area contributed by atoms with E-state index in [1.807, 2.05) is 0 Å². The van der Waals surface area contributed by atoms with E-state index in [1.54, 1.807) is 0 Å². The summed E-state index contributed by atoms with van der Waals surface area (Å²) in [4.78, 5) is 2.72. The summed E-state index contributed by atoms with van der Waals surface area (Å²) < 4.78 is 2.40. The predicted molar refractivity (Wildman–Crippen MR) is 87.4 cm³/mol. The van der Waals surface area contributed by atoms with Crippen LogP contribution in [0.1, 0.15) is 24.1 Å². The standard InChI is InChI=1S/C18H25N3/c1-13-15-7-3-4-8-16(15)20(2)18(13)12-21-9-5-6-14-10-19-11-17(14)21/h3-4,7-8,14,17,19H,5-6,9-12H2,1-2H3. The fraction of sp³-hybridized carbons (Fsp3) is 0.556. The Bertz CT molecular complexity index is 619. The van der Waals surface area contributed by atoms with Crippen LogP contribution in [-0.4, -0.2) is 35.1 Å². The van der Waals surface area contributed by atoms with Crippen molar-refractivity contribution < 1.29 is 0 Å². The molecule has 2 aromatic rings. The van der Waals surface area contributed by atoms with Crippen molar-refractivity contribution in [2.75, 3.05) is 19.6 Å². The lowest BCUT2D eigenvalue weighted by Crippen LogP contribution is -2.44. The van der Waals surface area contributed by atoms with Crippen molar-refractivity contribution in [2.24, 2.45) is 13.0 Å². The third-order valence-electron chi connectivity index (χ3n) is 5.65. The quantitative estimate of drug-likeness (QED) is 0.914. The van der Waals surface area contributed by atoms with Crippen molar-refractivity contribution in [1.29, 1.82) is 0 Å². The lowest BCUT2D eigenvalue weighted by atomic mass is 9.92. The first-order chi connectivity index (χ1) is 10.3. The van der Waals surface area contributed by atoms with Crippen molar-refractivity contribution in [3.63, 3.8) is 0 Å². The largest absolute Gasteiger partial charge is 0.346 e. The van der Waals surface area contributed by atoms with Gasteiger partial charge in [-0.2, -0.15) is 0 Å². The van der Waals surface area contributed by atoms with Crippen LogP contribution in [0.3, 0.4) is 0 Å². The van der Waals surface area contributed by atoms with Crippen LogP contribution in [0.4, 0.5) is 0 Å². The zero-order valence-corrected chi connectivity index (χ0v) is 13.1. The number of hydrogen-bond donors (Lipinski definition) is 1. The minimum atomic E-state index is 0.746. The third-order valence-corrected chi connectivity index (χ3v) is 5.65. The fourth-order valence-corrected chi connectivity index (χ4v) is 4.41. The molecule has 2 saturated heterocycles. The van der Waals surface area contributed by atoms with Gasteiger partial charge in [-0.15, -0.1) is 0 Å². The Morgan fingerprint density at radius 2 is 2.10 bits per heavy atom. The van der Waals surface area contributed by atoms with E-state index in [2.05, 4.69) is 53.0 Å². The number of piperidine rings is 1. The van der Waals surface area contributed by atoms with Crippen LogP contribution in [0.2, 0.25) is 0 Å². The second kappa shape index (κ2) is 5.15. The maximum Gasteiger partial charge on any atom is 0.0483 e. The Balaban J connectivity index is 1.68. The highest BCUT2D eigenvalue weighted by Gasteiger charge is 2.35. The highest BCUT2D eigenvalue weighted by Crippen LogP contribution is 2.30. The van der Waals surface area contributed by atoms with Gasteiger partial charge in [-0.3, -0.25) is 4.90 Å². The van der Waals surface area contributed by atoms with Gasteiger partial charge in [-0.25, -0.2) is 0 Å². The van der Waals surface area contributed by atoms with E-state index in [9.17, 15) is 0 Å². The molecule has 2 fully saturated rings. The smallest absolute Gasteiger partial charge is 0.0483 e. The Labute approximate surface area is 126 Å². The molecule has 2 unspecified atom stereocenters. The van der Waals surface area contributed by atoms with E-state index in [-0.39, 0.29) is 0 Å². The SMILES string of the molecule is Cc1c(CN2CCCC3CNCC32)n(C)c2ccccc12. The number of aryl methyl sites for hydroxylation is 2. The number of para-hydroxylation sites is 1. The molecule has 0 spiro atoms. The Hall–Kier alpha value is -1.32. The molecule has 0 aliphatic carbocycles. The monoisotopic (exact) mass is 283 g/mol. The van der Waals surface area contributed by atoms with Crippen LogP contribution in [0.25, 0.3) is 10.9 Å². The van der Waals surface area contributed by atoms with Crippen molar-refractivity contribution in [1.82, 2.24) is 14.8 Å². The van der Waals surface area contributed by atoms with E-state index in [4.69, 9.17) is 0 Å². The molecular weight excluding hydrogens is 258 g/mol. The Kier molecular flexibility index (Phi) is 3.27. The van der Waals surface area contributed by atoms with Crippen LogP contribution in [-0.2, 0) is 13.6 Å². The average Bonchev–Trinajstić information content (AvgIpc) is 3.08. The van der Waals surface area contributed by atoms with Crippen molar-refractivity contribution in [3.05, 3.63) is 35.5 Å². The van der Waals surface area contributed by atoms with Crippen LogP contribution in [0.15, 0.2) is 24.3 Å². The Morgan fingerprint density at radius 3 is 2.95 bits per heavy atom. The van der Waals surface area contributed by atoms with Gasteiger partial charge in [0.15, 0.2) is 0 Å². The molecule has 3 heteroatoms. The first-order valence-corrected chi connectivity index (χ1v) is 8.23. The average molecular weight is 283 g/mol. The predicted octanol–water partition coefficient (Wildman–Crippen LogP) is 2.67. The zero-order chi connectivity index (χ0) is 14.4. The fourth-order valence-electron chi connectivity index (χ4n) is 4.41. The summed E-state index contributed by atoms with van der Waals surface area (Å²) in [5.74, 6) is 0.869. The minimum absolute atomic E-state index is 0.746. The van der Waals surface area contributed by atoms with Gasteiger partial charge in [-0.1, -0.05) is 18.2 Å². The summed E-state index contributed by atoms with van der Waals surface area (Å²) >= 11 is 0. The second-order valence-corrected chi connectivity index (χ2v) is 6.75. The highest BCUT2D eigenvalue weighted by atomic mass is 15.2. The molecule has 4 rings (SSSR count). The highest BCUT2D eigenvalue weighted by molar-refractivity contribution is 5.85. The summed E-state index contributed by atoms with van der Waals surface area (Å²) in [6, 6.07) is 9.53. The number of nitrogens with one attached hydrogen (secondary N) is 1. The number of hydrogen-bond acceptors (Lipinski definition) is 2. The van der Waals surface area contributed by atoms with E-state index in [0.29, 0.717) is 0 Å². The molecule has 0 amide bonds. The van der Waals surface area contributed by atoms with E-state index in [1.165, 1.54) is 54.6 Å². The van der Waals surface area contributed by atoms with Crippen LogP contribution < -0.4 is 5.32 Å². The summed E-state index contributed by atoms with van der Waals surface area (Å²) in [6.45, 7) is 7.03. The van der Waals surface area contributed by atoms with E-state index in [0.717, 1.165) is 18.5 Å². The number of nitrogens with zero attached hydrogens (tertiary/aromatic N) is 2. The normalized spacial score (nSPS) is 26.4. The first kappa shape index (κ1) is 13.4. The molecule has 1 N–H and O–H groups in total. The van der Waals surface area contributed by atoms with Gasteiger partial charge in [0.1, 0.15) is 0 Å². The molecule has 3 nitrogen and oxygen atoms in total. The number of benzene rings is 1. The van der Waals surface area contributed by atoms with Gasteiger partial charge in [-0.05, 0) is 50.4 Å². The molecule has 2 aliphatic heterocycles. The number of likely N-dealkylation sites (tertiary alicyclic amines) is 1. The van der Waals surface area contributed by atoms with E-state index < -0.39 is 0 Å². The summed E-state index contributed by atoms with van der Waals surface area (Å²) in [5, 5.41) is 5.00. The van der Waals surface area contributed by atoms with Crippen LogP contribution in [0, 0.1) is 12.8 Å². The second-order valence-electron chi connectivity index (χ2n) is 6.75. The third kappa shape index (κ3) is 2.11. The summed E-state index contributed by atoms with van der Waals surface area (Å²) in [7, 11) is 2.22. The molecule has 0 radical (unpaired) electrons. The molecule has 112 valence electrons. The minimum Gasteiger partial charge on any atom is -0.346 e. The number of fused-ring (bicyclic) bond motifs is 2. The molecule has 0 saturated carbocycles. The van der Waals surface area contributed by atoms with Gasteiger partial charge >= 0.3 is 0 Å². The number of aromatic nitrogens is 1. The van der Waals surface area contributed by atoms with Gasteiger partial charge in [0.05, 0.1) is 0 Å². The first-order valence-electron chi connectivity index (χ1n) is 8.23. The Morgan fingerprint density at radius 1 is 1.24 bits per heavy atom. The van der Waals surface area contributed by atoms with Crippen molar-refractivity contribution in [3.8, 4) is 0 Å². The van der Waals surface area contributed by atoms with Crippen molar-refractivity contribution >= 4 is 10.9 Å². The molecule has 3 heterocycles. The van der Waals surface area contributed by atoms with E-state index >= 15 is 0 Å².